The summed E-state index contributed by atoms with van der Waals surface area (Å²) in [5.74, 6) is -1.87. The molecule has 9 nitrogen and oxygen atoms in total. The smallest absolute Gasteiger partial charge is 0.374 e. The number of ether oxygens (including phenoxy) is 2. The van der Waals surface area contributed by atoms with E-state index in [0.717, 1.165) is 0 Å². The number of hydrogen-bond donors (Lipinski definition) is 1. The van der Waals surface area contributed by atoms with Crippen LogP contribution in [0.3, 0.4) is 0 Å². The quantitative estimate of drug-likeness (QED) is 0.523. The van der Waals surface area contributed by atoms with Gasteiger partial charge in [-0.1, -0.05) is 12.1 Å². The molecule has 1 aromatic carbocycles. The molecule has 2 aromatic rings. The lowest BCUT2D eigenvalue weighted by Crippen LogP contribution is -2.30. The van der Waals surface area contributed by atoms with Crippen molar-refractivity contribution in [3.8, 4) is 0 Å². The molecule has 2 rings (SSSR count). The molecule has 1 aromatic heterocycles. The lowest BCUT2D eigenvalue weighted by molar-refractivity contribution is -0.143. The molecule has 0 aliphatic carbocycles. The Hall–Kier alpha value is -2.98. The summed E-state index contributed by atoms with van der Waals surface area (Å²) in [6.45, 7) is 0.473. The summed E-state index contributed by atoms with van der Waals surface area (Å²) in [6, 6.07) is 6.71. The maximum Gasteiger partial charge on any atom is 0.374 e. The third-order valence-electron chi connectivity index (χ3n) is 3.48. The van der Waals surface area contributed by atoms with Crippen molar-refractivity contribution in [2.24, 2.45) is 0 Å². The van der Waals surface area contributed by atoms with Crippen LogP contribution in [0.25, 0.3) is 0 Å². The van der Waals surface area contributed by atoms with Crippen LogP contribution in [0.1, 0.15) is 33.4 Å². The van der Waals surface area contributed by atoms with Crippen LogP contribution in [0, 0.1) is 0 Å². The highest BCUT2D eigenvalue weighted by atomic mass is 32.2. The zero-order chi connectivity index (χ0) is 20.0. The zero-order valence-electron chi connectivity index (χ0n) is 14.6. The molecule has 1 N–H and O–H groups in total. The van der Waals surface area contributed by atoms with E-state index in [2.05, 4.69) is 9.46 Å². The third kappa shape index (κ3) is 5.25. The van der Waals surface area contributed by atoms with Gasteiger partial charge in [0.1, 0.15) is 13.2 Å². The summed E-state index contributed by atoms with van der Waals surface area (Å²) >= 11 is 0. The number of hydrogen-bond acceptors (Lipinski definition) is 8. The minimum Gasteiger partial charge on any atom is -0.463 e. The number of methoxy groups -OCH3 is 1. The molecule has 0 spiro atoms. The number of nitrogens with one attached hydrogen (secondary N) is 1. The van der Waals surface area contributed by atoms with Crippen molar-refractivity contribution in [1.29, 1.82) is 0 Å². The maximum atomic E-state index is 12.2. The van der Waals surface area contributed by atoms with Gasteiger partial charge in [0.25, 0.3) is 0 Å². The number of ketones is 1. The molecule has 0 saturated heterocycles. The molecule has 0 aliphatic rings. The van der Waals surface area contributed by atoms with Crippen LogP contribution < -0.4 is 4.72 Å². The molecule has 0 unspecified atom stereocenters. The van der Waals surface area contributed by atoms with Crippen molar-refractivity contribution in [1.82, 2.24) is 4.72 Å². The van der Waals surface area contributed by atoms with Crippen molar-refractivity contribution in [2.45, 2.75) is 18.4 Å². The van der Waals surface area contributed by atoms with Gasteiger partial charge in [-0.25, -0.2) is 13.2 Å². The summed E-state index contributed by atoms with van der Waals surface area (Å²) in [7, 11) is -2.77. The number of esters is 2. The Morgan fingerprint density at radius 3 is 2.37 bits per heavy atom. The molecule has 0 fully saturated rings. The minimum absolute atomic E-state index is 0.0943. The van der Waals surface area contributed by atoms with E-state index in [1.165, 1.54) is 50.6 Å². The van der Waals surface area contributed by atoms with Gasteiger partial charge in [-0.05, 0) is 25.1 Å². The van der Waals surface area contributed by atoms with Crippen LogP contribution in [0.15, 0.2) is 45.9 Å². The number of sulfonamides is 1. The summed E-state index contributed by atoms with van der Waals surface area (Å²) in [5, 5.41) is 0. The van der Waals surface area contributed by atoms with Crippen molar-refractivity contribution in [3.63, 3.8) is 0 Å². The van der Waals surface area contributed by atoms with E-state index < -0.39 is 28.5 Å². The van der Waals surface area contributed by atoms with Crippen LogP contribution in [0.4, 0.5) is 0 Å². The van der Waals surface area contributed by atoms with E-state index in [9.17, 15) is 22.8 Å². The summed E-state index contributed by atoms with van der Waals surface area (Å²) in [5.41, 5.74) is 0.660. The van der Waals surface area contributed by atoms with Gasteiger partial charge < -0.3 is 13.9 Å². The first kappa shape index (κ1) is 20.3. The first-order valence-electron chi connectivity index (χ1n) is 7.65. The zero-order valence-corrected chi connectivity index (χ0v) is 15.4. The molecule has 1 heterocycles. The van der Waals surface area contributed by atoms with Crippen molar-refractivity contribution < 1.29 is 36.7 Å². The molecule has 27 heavy (non-hydrogen) atoms. The van der Waals surface area contributed by atoms with Gasteiger partial charge in [0.15, 0.2) is 5.78 Å². The lowest BCUT2D eigenvalue weighted by Gasteiger charge is -2.08. The average Bonchev–Trinajstić information content (AvgIpc) is 3.12. The normalized spacial score (nSPS) is 11.0. The number of carbonyl (C=O) groups excluding carboxylic acids is 3. The Balaban J connectivity index is 1.92. The largest absolute Gasteiger partial charge is 0.463 e. The van der Waals surface area contributed by atoms with Gasteiger partial charge >= 0.3 is 11.9 Å². The molecule has 144 valence electrons. The minimum atomic E-state index is -3.95. The first-order chi connectivity index (χ1) is 12.7. The highest BCUT2D eigenvalue weighted by Gasteiger charge is 2.19. The van der Waals surface area contributed by atoms with E-state index >= 15 is 0 Å². The Morgan fingerprint density at radius 1 is 1.11 bits per heavy atom. The predicted octanol–water partition coefficient (Wildman–Crippen LogP) is 1.29. The second-order valence-corrected chi connectivity index (χ2v) is 7.10. The van der Waals surface area contributed by atoms with Crippen LogP contribution >= 0.6 is 0 Å². The van der Waals surface area contributed by atoms with Crippen LogP contribution in [0.2, 0.25) is 0 Å². The number of benzene rings is 1. The number of carbonyl (C=O) groups is 3. The fourth-order valence-corrected chi connectivity index (χ4v) is 3.01. The third-order valence-corrected chi connectivity index (χ3v) is 4.90. The highest BCUT2D eigenvalue weighted by molar-refractivity contribution is 7.89. The van der Waals surface area contributed by atoms with E-state index in [-0.39, 0.29) is 28.6 Å². The maximum absolute atomic E-state index is 12.2. The molecule has 0 aliphatic heterocycles. The van der Waals surface area contributed by atoms with Crippen LogP contribution in [-0.2, 0) is 30.9 Å². The molecule has 0 bridgehead atoms. The Bertz CT molecular complexity index is 944. The van der Waals surface area contributed by atoms with E-state index in [1.807, 2.05) is 0 Å². The fourth-order valence-electron chi connectivity index (χ4n) is 2.04. The number of furan rings is 1. The van der Waals surface area contributed by atoms with E-state index in [4.69, 9.17) is 9.15 Å². The molecular formula is C17H17NO8S. The standard InChI is InChI=1S/C17H17NO8S/c1-11(19)12-3-5-14(6-4-12)27(22,23)18-9-15(20)26-10-13-7-8-25-16(13)17(21)24-2/h3-8,18H,9-10H2,1-2H3. The topological polar surface area (TPSA) is 129 Å². The predicted molar refractivity (Wildman–Crippen MR) is 91.5 cm³/mol. The van der Waals surface area contributed by atoms with Gasteiger partial charge in [-0.2, -0.15) is 4.72 Å². The van der Waals surface area contributed by atoms with Gasteiger partial charge in [0, 0.05) is 11.1 Å². The lowest BCUT2D eigenvalue weighted by atomic mass is 10.2. The first-order valence-corrected chi connectivity index (χ1v) is 9.14. The van der Waals surface area contributed by atoms with Gasteiger partial charge in [0.2, 0.25) is 15.8 Å². The van der Waals surface area contributed by atoms with Crippen molar-refractivity contribution in [2.75, 3.05) is 13.7 Å². The van der Waals surface area contributed by atoms with E-state index in [1.54, 1.807) is 0 Å². The second-order valence-electron chi connectivity index (χ2n) is 5.33. The Kier molecular flexibility index (Phi) is 6.48. The molecule has 10 heteroatoms. The molecule has 0 saturated carbocycles. The molecule has 0 atom stereocenters. The number of Topliss-reactive ketones (excluding diaryl/α,β-unsaturated/α-hetero) is 1. The van der Waals surface area contributed by atoms with Gasteiger partial charge in [0.05, 0.1) is 18.3 Å². The summed E-state index contributed by atoms with van der Waals surface area (Å²) < 4.78 is 40.8. The summed E-state index contributed by atoms with van der Waals surface area (Å²) in [6.07, 6.45) is 1.24. The SMILES string of the molecule is COC(=O)c1occc1COC(=O)CNS(=O)(=O)c1ccc(C(C)=O)cc1. The van der Waals surface area contributed by atoms with Crippen LogP contribution in [0.5, 0.6) is 0 Å². The van der Waals surface area contributed by atoms with Gasteiger partial charge in [-0.3, -0.25) is 9.59 Å². The fraction of sp³-hybridized carbons (Fsp3) is 0.235. The highest BCUT2D eigenvalue weighted by Crippen LogP contribution is 2.13. The molecule has 0 radical (unpaired) electrons. The van der Waals surface area contributed by atoms with Gasteiger partial charge in [-0.15, -0.1) is 0 Å². The number of rotatable bonds is 8. The van der Waals surface area contributed by atoms with Crippen molar-refractivity contribution >= 4 is 27.7 Å². The average molecular weight is 395 g/mol. The Morgan fingerprint density at radius 2 is 1.78 bits per heavy atom. The molecular weight excluding hydrogens is 378 g/mol. The Labute approximate surface area is 155 Å². The monoisotopic (exact) mass is 395 g/mol. The van der Waals surface area contributed by atoms with E-state index in [0.29, 0.717) is 5.56 Å². The van der Waals surface area contributed by atoms with Crippen LogP contribution in [-0.4, -0.2) is 39.8 Å². The second kappa shape index (κ2) is 8.60. The molecule has 0 amide bonds. The summed E-state index contributed by atoms with van der Waals surface area (Å²) in [4.78, 5) is 34.3. The van der Waals surface area contributed by atoms with Crippen molar-refractivity contribution in [3.05, 3.63) is 53.5 Å².